The standard InChI is InChI=1S/C23H26N2O3/c1-28-23(27)20-22(26)25(19-15-9-4-10-16-19)21(17-11-5-2-6-12-17)24(20)18-13-7-3-8-14-18/h2,4-6,9-12,15-16,18,20-21H,3,7-8,13-14H2,1H3/t20-,21+/m0/s1. The Hall–Kier alpha value is -2.66. The molecular formula is C23H26N2O3. The summed E-state index contributed by atoms with van der Waals surface area (Å²) in [5.41, 5.74) is 1.81. The zero-order valence-corrected chi connectivity index (χ0v) is 16.2. The number of hydrogen-bond acceptors (Lipinski definition) is 4. The first-order valence-corrected chi connectivity index (χ1v) is 10.0. The number of amides is 1. The van der Waals surface area contributed by atoms with E-state index >= 15 is 0 Å². The topological polar surface area (TPSA) is 49.9 Å². The van der Waals surface area contributed by atoms with Crippen molar-refractivity contribution < 1.29 is 14.3 Å². The Balaban J connectivity index is 1.85. The number of esters is 1. The molecule has 28 heavy (non-hydrogen) atoms. The number of carbonyl (C=O) groups is 2. The number of nitrogens with zero attached hydrogens (tertiary/aromatic N) is 2. The molecule has 0 bridgehead atoms. The molecule has 1 heterocycles. The van der Waals surface area contributed by atoms with Crippen molar-refractivity contribution >= 4 is 17.6 Å². The van der Waals surface area contributed by atoms with Crippen LogP contribution in [0.2, 0.25) is 0 Å². The van der Waals surface area contributed by atoms with Crippen LogP contribution in [0, 0.1) is 0 Å². The SMILES string of the molecule is COC(=O)[C@@H]1C(=O)N(c2ccccc2)[C@H](c2ccccc2)N1C1CCCCC1. The highest BCUT2D eigenvalue weighted by Crippen LogP contribution is 2.42. The zero-order chi connectivity index (χ0) is 19.5. The molecule has 1 amide bonds. The second-order valence-corrected chi connectivity index (χ2v) is 7.49. The van der Waals surface area contributed by atoms with E-state index in [0.29, 0.717) is 0 Å². The van der Waals surface area contributed by atoms with Gasteiger partial charge in [-0.2, -0.15) is 0 Å². The van der Waals surface area contributed by atoms with Crippen LogP contribution < -0.4 is 4.90 Å². The number of rotatable bonds is 4. The van der Waals surface area contributed by atoms with Crippen molar-refractivity contribution in [2.24, 2.45) is 0 Å². The van der Waals surface area contributed by atoms with Crippen LogP contribution >= 0.6 is 0 Å². The van der Waals surface area contributed by atoms with Crippen LogP contribution in [0.15, 0.2) is 60.7 Å². The summed E-state index contributed by atoms with van der Waals surface area (Å²) in [7, 11) is 1.36. The molecule has 0 unspecified atom stereocenters. The number of hydrogen-bond donors (Lipinski definition) is 0. The highest BCUT2D eigenvalue weighted by atomic mass is 16.5. The molecule has 2 aliphatic rings. The van der Waals surface area contributed by atoms with Crippen LogP contribution in [0.25, 0.3) is 0 Å². The molecule has 0 N–H and O–H groups in total. The molecule has 2 aromatic rings. The predicted molar refractivity (Wildman–Crippen MR) is 108 cm³/mol. The summed E-state index contributed by atoms with van der Waals surface area (Å²) in [4.78, 5) is 30.1. The highest BCUT2D eigenvalue weighted by molar-refractivity contribution is 6.12. The molecular weight excluding hydrogens is 352 g/mol. The first kappa shape index (κ1) is 18.7. The fourth-order valence-corrected chi connectivity index (χ4v) is 4.58. The van der Waals surface area contributed by atoms with E-state index in [1.54, 1.807) is 4.90 Å². The molecule has 2 atom stereocenters. The number of carbonyl (C=O) groups excluding carboxylic acids is 2. The molecule has 0 radical (unpaired) electrons. The summed E-state index contributed by atoms with van der Waals surface area (Å²) in [5, 5.41) is 0. The number of benzene rings is 2. The third-order valence-electron chi connectivity index (χ3n) is 5.85. The van der Waals surface area contributed by atoms with E-state index in [1.807, 2.05) is 60.7 Å². The Labute approximate surface area is 165 Å². The largest absolute Gasteiger partial charge is 0.467 e. The molecule has 0 spiro atoms. The van der Waals surface area contributed by atoms with E-state index in [4.69, 9.17) is 4.74 Å². The third-order valence-corrected chi connectivity index (χ3v) is 5.85. The average Bonchev–Trinajstić information content (AvgIpc) is 3.08. The van der Waals surface area contributed by atoms with Gasteiger partial charge in [-0.25, -0.2) is 4.79 Å². The molecule has 5 heteroatoms. The average molecular weight is 378 g/mol. The zero-order valence-electron chi connectivity index (χ0n) is 16.2. The molecule has 146 valence electrons. The van der Waals surface area contributed by atoms with Gasteiger partial charge in [0.15, 0.2) is 6.04 Å². The van der Waals surface area contributed by atoms with E-state index in [0.717, 1.165) is 36.9 Å². The van der Waals surface area contributed by atoms with Gasteiger partial charge in [-0.3, -0.25) is 14.6 Å². The minimum atomic E-state index is -0.904. The Morgan fingerprint density at radius 3 is 2.14 bits per heavy atom. The van der Waals surface area contributed by atoms with Gasteiger partial charge in [0.2, 0.25) is 0 Å². The van der Waals surface area contributed by atoms with Crippen LogP contribution in [0.1, 0.15) is 43.8 Å². The predicted octanol–water partition coefficient (Wildman–Crippen LogP) is 3.91. The molecule has 1 saturated carbocycles. The van der Waals surface area contributed by atoms with Gasteiger partial charge in [0.25, 0.3) is 5.91 Å². The number of ether oxygens (including phenoxy) is 1. The first-order chi connectivity index (χ1) is 13.7. The Morgan fingerprint density at radius 1 is 0.929 bits per heavy atom. The van der Waals surface area contributed by atoms with E-state index in [9.17, 15) is 9.59 Å². The monoisotopic (exact) mass is 378 g/mol. The smallest absolute Gasteiger partial charge is 0.333 e. The Morgan fingerprint density at radius 2 is 1.54 bits per heavy atom. The van der Waals surface area contributed by atoms with Gasteiger partial charge < -0.3 is 4.74 Å². The van der Waals surface area contributed by atoms with Gasteiger partial charge >= 0.3 is 5.97 Å². The molecule has 1 aliphatic carbocycles. The summed E-state index contributed by atoms with van der Waals surface area (Å²) >= 11 is 0. The summed E-state index contributed by atoms with van der Waals surface area (Å²) < 4.78 is 5.07. The lowest BCUT2D eigenvalue weighted by Gasteiger charge is -2.38. The molecule has 0 aromatic heterocycles. The fourth-order valence-electron chi connectivity index (χ4n) is 4.58. The molecule has 1 aliphatic heterocycles. The molecule has 4 rings (SSSR count). The van der Waals surface area contributed by atoms with Gasteiger partial charge in [-0.1, -0.05) is 67.8 Å². The van der Waals surface area contributed by atoms with E-state index in [-0.39, 0.29) is 18.1 Å². The first-order valence-electron chi connectivity index (χ1n) is 10.0. The van der Waals surface area contributed by atoms with Crippen LogP contribution in [-0.2, 0) is 14.3 Å². The van der Waals surface area contributed by atoms with Gasteiger partial charge in [0, 0.05) is 11.7 Å². The molecule has 1 saturated heterocycles. The fraction of sp³-hybridized carbons (Fsp3) is 0.391. The summed E-state index contributed by atoms with van der Waals surface area (Å²) in [6.45, 7) is 0. The van der Waals surface area contributed by atoms with E-state index in [1.165, 1.54) is 13.5 Å². The summed E-state index contributed by atoms with van der Waals surface area (Å²) in [5.74, 6) is -0.688. The van der Waals surface area contributed by atoms with Crippen molar-refractivity contribution in [1.29, 1.82) is 0 Å². The molecule has 5 nitrogen and oxygen atoms in total. The van der Waals surface area contributed by atoms with Crippen LogP contribution in [0.4, 0.5) is 5.69 Å². The quantitative estimate of drug-likeness (QED) is 0.598. The van der Waals surface area contributed by atoms with Gasteiger partial charge in [0.1, 0.15) is 6.17 Å². The maximum absolute atomic E-state index is 13.5. The van der Waals surface area contributed by atoms with Crippen molar-refractivity contribution in [2.75, 3.05) is 12.0 Å². The van der Waals surface area contributed by atoms with Crippen molar-refractivity contribution in [1.82, 2.24) is 4.90 Å². The van der Waals surface area contributed by atoms with Gasteiger partial charge in [-0.15, -0.1) is 0 Å². The summed E-state index contributed by atoms with van der Waals surface area (Å²) in [6, 6.07) is 18.9. The second-order valence-electron chi connectivity index (χ2n) is 7.49. The second kappa shape index (κ2) is 8.15. The third kappa shape index (κ3) is 3.31. The van der Waals surface area contributed by atoms with Gasteiger partial charge in [0.05, 0.1) is 7.11 Å². The van der Waals surface area contributed by atoms with Gasteiger partial charge in [-0.05, 0) is 30.5 Å². The van der Waals surface area contributed by atoms with Crippen molar-refractivity contribution in [3.63, 3.8) is 0 Å². The number of para-hydroxylation sites is 1. The Kier molecular flexibility index (Phi) is 5.44. The minimum Gasteiger partial charge on any atom is -0.467 e. The maximum Gasteiger partial charge on any atom is 0.333 e. The van der Waals surface area contributed by atoms with Crippen LogP contribution in [0.5, 0.6) is 0 Å². The van der Waals surface area contributed by atoms with Crippen LogP contribution in [0.3, 0.4) is 0 Å². The number of anilines is 1. The highest BCUT2D eigenvalue weighted by Gasteiger charge is 2.53. The Bertz CT molecular complexity index is 818. The molecule has 2 aromatic carbocycles. The van der Waals surface area contributed by atoms with Crippen LogP contribution in [-0.4, -0.2) is 36.0 Å². The normalized spacial score (nSPS) is 23.8. The van der Waals surface area contributed by atoms with Crippen molar-refractivity contribution in [2.45, 2.75) is 50.4 Å². The minimum absolute atomic E-state index is 0.181. The number of methoxy groups -OCH3 is 1. The van der Waals surface area contributed by atoms with E-state index in [2.05, 4.69) is 4.90 Å². The lowest BCUT2D eigenvalue weighted by molar-refractivity contribution is -0.150. The molecule has 2 fully saturated rings. The lowest BCUT2D eigenvalue weighted by atomic mass is 9.92. The van der Waals surface area contributed by atoms with E-state index < -0.39 is 12.0 Å². The van der Waals surface area contributed by atoms with Crippen molar-refractivity contribution in [3.8, 4) is 0 Å². The van der Waals surface area contributed by atoms with Crippen molar-refractivity contribution in [3.05, 3.63) is 66.2 Å². The maximum atomic E-state index is 13.5. The lowest BCUT2D eigenvalue weighted by Crippen LogP contribution is -2.47. The summed E-state index contributed by atoms with van der Waals surface area (Å²) in [6.07, 6.45) is 5.12.